The number of halogens is 4. The van der Waals surface area contributed by atoms with E-state index in [0.717, 1.165) is 21.9 Å². The molecule has 0 spiro atoms. The van der Waals surface area contributed by atoms with Crippen LogP contribution >= 0.6 is 12.4 Å². The van der Waals surface area contributed by atoms with Crippen molar-refractivity contribution >= 4 is 83.4 Å². The Labute approximate surface area is 664 Å². The van der Waals surface area contributed by atoms with Crippen LogP contribution in [-0.4, -0.2) is 252 Å². The Morgan fingerprint density at radius 1 is 0.559 bits per heavy atom. The van der Waals surface area contributed by atoms with Gasteiger partial charge in [-0.3, -0.25) is 52.7 Å². The van der Waals surface area contributed by atoms with Crippen molar-refractivity contribution in [1.29, 1.82) is 0 Å². The summed E-state index contributed by atoms with van der Waals surface area (Å²) in [5, 5.41) is 26.2. The highest BCUT2D eigenvalue weighted by Gasteiger charge is 2.46. The van der Waals surface area contributed by atoms with Crippen molar-refractivity contribution in [2.24, 2.45) is 41.4 Å². The van der Waals surface area contributed by atoms with Crippen LogP contribution in [0.3, 0.4) is 0 Å². The zero-order chi connectivity index (χ0) is 84.3. The van der Waals surface area contributed by atoms with Crippen LogP contribution in [0, 0.1) is 41.4 Å². The van der Waals surface area contributed by atoms with E-state index in [4.69, 9.17) is 4.74 Å². The number of alkyl halides is 3. The molecule has 0 bridgehead atoms. The number of aliphatic hydroxyl groups is 1. The maximum Gasteiger partial charge on any atom is 0.416 e. The van der Waals surface area contributed by atoms with Crippen LogP contribution in [0.4, 0.5) is 13.2 Å². The van der Waals surface area contributed by atoms with Crippen LogP contribution in [0.2, 0.25) is 0 Å². The van der Waals surface area contributed by atoms with E-state index in [2.05, 4.69) is 26.6 Å². The van der Waals surface area contributed by atoms with E-state index >= 15 is 9.59 Å². The van der Waals surface area contributed by atoms with E-state index in [-0.39, 0.29) is 80.8 Å². The van der Waals surface area contributed by atoms with Crippen LogP contribution in [0.25, 0.3) is 0 Å². The van der Waals surface area contributed by atoms with Crippen molar-refractivity contribution in [2.75, 3.05) is 69.0 Å². The molecule has 2 aromatic rings. The van der Waals surface area contributed by atoms with Crippen LogP contribution in [0.1, 0.15) is 185 Å². The number of nitrogens with zero attached hydrogens (tertiary/aromatic N) is 7. The normalized spacial score (nSPS) is 23.5. The third-order valence-corrected chi connectivity index (χ3v) is 19.7. The summed E-state index contributed by atoms with van der Waals surface area (Å²) in [4.78, 5) is 180. The number of nitrogens with one attached hydrogen (secondary N) is 5. The molecule has 6 N–H and O–H groups in total. The molecule has 13 unspecified atom stereocenters. The molecule has 2 aromatic carbocycles. The van der Waals surface area contributed by atoms with Crippen LogP contribution < -0.4 is 26.6 Å². The van der Waals surface area contributed by atoms with Gasteiger partial charge in [0, 0.05) is 61.9 Å². The standard InChI is InChI=1S/C62H111N11O12.C19H20F3NO2.ClH/c1-25-27-28-40(15)52(75)51-56(79)65-43(26-2)58(81)67(18)33-48(74)68(19)44(29-34(3)4)55(78)66-49(38(11)12)61(84)69(20)45(30-35(5)6)54(77)63-41(16)53(76)64-42(17)57(80)70(21)46(31-36(7)8)59(82)71(22)47(32-37(9)10)60(83)72(23)50(39(13)14)62(85)73(51)24;1-14(12-15-6-5-9-17(13-15)19(20,21)22)23-10-11-25-18(24)16-7-3-2-4-8-16;/h25,27,34-47,49-52,75H,26,28-33H2,1-24H3,(H,63,77)(H,64,76)(H,65,79)(H,66,78);2-9,13-14,23H,10-12H2,1H3;1H. The van der Waals surface area contributed by atoms with Gasteiger partial charge in [0.2, 0.25) is 65.0 Å². The fraction of sp³-hybridized carbons (Fsp3) is 0.679. The summed E-state index contributed by atoms with van der Waals surface area (Å²) < 4.78 is 43.3. The van der Waals surface area contributed by atoms with Crippen molar-refractivity contribution in [2.45, 2.75) is 248 Å². The Morgan fingerprint density at radius 3 is 1.53 bits per heavy atom. The van der Waals surface area contributed by atoms with E-state index in [9.17, 15) is 66.2 Å². The van der Waals surface area contributed by atoms with Gasteiger partial charge in [-0.1, -0.05) is 145 Å². The molecule has 11 amide bonds. The molecule has 1 aliphatic rings. The molecule has 1 fully saturated rings. The average molecular weight is 1590 g/mol. The van der Waals surface area contributed by atoms with Gasteiger partial charge in [0.1, 0.15) is 67.0 Å². The van der Waals surface area contributed by atoms with Gasteiger partial charge in [0.15, 0.2) is 0 Å². The number of ether oxygens (including phenoxy) is 1. The number of amides is 11. The Kier molecular flexibility index (Phi) is 43.0. The predicted octanol–water partition coefficient (Wildman–Crippen LogP) is 7.77. The minimum atomic E-state index is -4.34. The Balaban J connectivity index is 0.00000198. The second kappa shape index (κ2) is 47.4. The molecule has 13 atom stereocenters. The highest BCUT2D eigenvalue weighted by atomic mass is 35.5. The first kappa shape index (κ1) is 101. The first-order chi connectivity index (χ1) is 51.1. The highest BCUT2D eigenvalue weighted by Crippen LogP contribution is 2.31. The molecule has 628 valence electrons. The minimum Gasteiger partial charge on any atom is -0.461 e. The predicted molar refractivity (Wildman–Crippen MR) is 425 cm³/mol. The maximum atomic E-state index is 15.1. The number of aliphatic hydroxyl groups excluding tert-OH is 1. The molecule has 0 saturated carbocycles. The highest BCUT2D eigenvalue weighted by molar-refractivity contribution is 6.00. The lowest BCUT2D eigenvalue weighted by molar-refractivity contribution is -0.157. The molecule has 1 aliphatic heterocycles. The molecule has 3 rings (SSSR count). The fourth-order valence-electron chi connectivity index (χ4n) is 13.1. The van der Waals surface area contributed by atoms with Crippen LogP contribution in [0.15, 0.2) is 66.7 Å². The fourth-order valence-corrected chi connectivity index (χ4v) is 13.1. The minimum absolute atomic E-state index is 0. The zero-order valence-electron chi connectivity index (χ0n) is 70.3. The van der Waals surface area contributed by atoms with Gasteiger partial charge < -0.3 is 70.7 Å². The molecular weight excluding hydrogens is 1460 g/mol. The van der Waals surface area contributed by atoms with Crippen LogP contribution in [-0.2, 0) is 70.1 Å². The number of hydrogen-bond acceptors (Lipinski definition) is 15. The van der Waals surface area contributed by atoms with Gasteiger partial charge in [0.05, 0.1) is 23.8 Å². The summed E-state index contributed by atoms with van der Waals surface area (Å²) in [7, 11) is 9.92. The summed E-state index contributed by atoms with van der Waals surface area (Å²) >= 11 is 0. The van der Waals surface area contributed by atoms with Crippen molar-refractivity contribution in [3.63, 3.8) is 0 Å². The molecule has 0 radical (unpaired) electrons. The number of benzene rings is 2. The second-order valence-electron chi connectivity index (χ2n) is 31.9. The SMILES string of the molecule is CC(Cc1cccc(C(F)(F)F)c1)NCCOC(=O)c1ccccc1.CC=CCC(C)C(O)C1C(=O)NC(CC)C(=O)N(C)CC(=O)N(C)C(CC(C)C)C(=O)NC(C(C)C)C(=O)N(C)C(CC(C)C)C(=O)NC(C)C(=O)NC(C)C(=O)N(C)C(CC(C)C)C(=O)N(C)C(CC(C)C)C(=O)N(C)C(C(C)C)C(=O)N1C.Cl. The average Bonchev–Trinajstić information content (AvgIpc) is 0.809. The first-order valence-electron chi connectivity index (χ1n) is 38.5. The number of esters is 1. The third-order valence-electron chi connectivity index (χ3n) is 19.7. The summed E-state index contributed by atoms with van der Waals surface area (Å²) in [6.07, 6.45) is -0.837. The number of carbonyl (C=O) groups excluding carboxylic acids is 12. The van der Waals surface area contributed by atoms with Crippen molar-refractivity contribution in [3.8, 4) is 0 Å². The molecule has 30 heteroatoms. The third kappa shape index (κ3) is 31.0. The molecule has 111 heavy (non-hydrogen) atoms. The lowest BCUT2D eigenvalue weighted by atomic mass is 9.91. The van der Waals surface area contributed by atoms with E-state index < -0.39 is 174 Å². The molecule has 1 saturated heterocycles. The van der Waals surface area contributed by atoms with Crippen LogP contribution in [0.5, 0.6) is 0 Å². The number of carbonyl (C=O) groups is 12. The largest absolute Gasteiger partial charge is 0.461 e. The second-order valence-corrected chi connectivity index (χ2v) is 31.9. The van der Waals surface area contributed by atoms with E-state index in [1.165, 1.54) is 93.7 Å². The number of hydrogen-bond donors (Lipinski definition) is 6. The summed E-state index contributed by atoms with van der Waals surface area (Å²) in [6, 6.07) is 1.60. The molecule has 0 aliphatic carbocycles. The summed E-state index contributed by atoms with van der Waals surface area (Å²) in [5.41, 5.74) is 0.449. The van der Waals surface area contributed by atoms with Gasteiger partial charge in [0.25, 0.3) is 0 Å². The van der Waals surface area contributed by atoms with Gasteiger partial charge in [-0.2, -0.15) is 13.2 Å². The Hall–Kier alpha value is -8.18. The molecule has 26 nitrogen and oxygen atoms in total. The van der Waals surface area contributed by atoms with Crippen molar-refractivity contribution in [1.82, 2.24) is 60.9 Å². The van der Waals surface area contributed by atoms with Gasteiger partial charge in [-0.05, 0) is 138 Å². The lowest BCUT2D eigenvalue weighted by Crippen LogP contribution is -2.63. The molecule has 0 aromatic heterocycles. The lowest BCUT2D eigenvalue weighted by Gasteiger charge is -2.41. The maximum absolute atomic E-state index is 15.1. The topological polar surface area (TPSA) is 317 Å². The zero-order valence-corrected chi connectivity index (χ0v) is 71.1. The van der Waals surface area contributed by atoms with E-state index in [0.29, 0.717) is 30.5 Å². The number of likely N-dealkylation sites (N-methyl/N-ethyl adjacent to an activating group) is 7. The Morgan fingerprint density at radius 2 is 1.04 bits per heavy atom. The quantitative estimate of drug-likeness (QED) is 0.0372. The number of rotatable bonds is 22. The molecule has 1 heterocycles. The number of allylic oxidation sites excluding steroid dienone is 2. The van der Waals surface area contributed by atoms with Crippen molar-refractivity contribution in [3.05, 3.63) is 83.4 Å². The van der Waals surface area contributed by atoms with E-state index in [1.54, 1.807) is 84.9 Å². The van der Waals surface area contributed by atoms with Gasteiger partial charge in [-0.15, -0.1) is 12.4 Å². The van der Waals surface area contributed by atoms with Crippen molar-refractivity contribution < 1.29 is 80.5 Å². The van der Waals surface area contributed by atoms with Gasteiger partial charge >= 0.3 is 12.1 Å². The Bertz CT molecular complexity index is 3400. The summed E-state index contributed by atoms with van der Waals surface area (Å²) in [6.45, 7) is 31.8. The van der Waals surface area contributed by atoms with E-state index in [1.807, 2.05) is 74.5 Å². The smallest absolute Gasteiger partial charge is 0.416 e. The molecular formula is C81H132ClF3N12O14. The summed E-state index contributed by atoms with van der Waals surface area (Å²) in [5.74, 6) is -10.1. The first-order valence-corrected chi connectivity index (χ1v) is 38.5. The van der Waals surface area contributed by atoms with Gasteiger partial charge in [-0.25, -0.2) is 4.79 Å². The monoisotopic (exact) mass is 1590 g/mol.